The third-order valence-corrected chi connectivity index (χ3v) is 4.03. The molecule has 0 unspecified atom stereocenters. The Morgan fingerprint density at radius 2 is 2.10 bits per heavy atom. The summed E-state index contributed by atoms with van der Waals surface area (Å²) in [6.07, 6.45) is 2.61. The normalized spacial score (nSPS) is 15.9. The van der Waals surface area contributed by atoms with E-state index in [-0.39, 0.29) is 16.9 Å². The summed E-state index contributed by atoms with van der Waals surface area (Å²) in [4.78, 5) is 22.6. The third-order valence-electron chi connectivity index (χ3n) is 3.74. The summed E-state index contributed by atoms with van der Waals surface area (Å²) in [5.41, 5.74) is 0.0312. The summed E-state index contributed by atoms with van der Waals surface area (Å²) in [6.45, 7) is 0.306. The van der Waals surface area contributed by atoms with Crippen molar-refractivity contribution in [2.75, 3.05) is 11.9 Å². The van der Waals surface area contributed by atoms with E-state index < -0.39 is 17.8 Å². The van der Waals surface area contributed by atoms with Crippen LogP contribution in [-0.4, -0.2) is 23.7 Å². The molecule has 0 aliphatic heterocycles. The van der Waals surface area contributed by atoms with Crippen LogP contribution in [0, 0.1) is 11.2 Å². The van der Waals surface area contributed by atoms with Gasteiger partial charge in [-0.3, -0.25) is 4.79 Å². The largest absolute Gasteiger partial charge is 0.481 e. The van der Waals surface area contributed by atoms with Crippen LogP contribution >= 0.6 is 11.6 Å². The molecule has 7 heteroatoms. The lowest BCUT2D eigenvalue weighted by molar-refractivity contribution is -0.141. The number of carboxylic acid groups (broad SMARTS) is 1. The van der Waals surface area contributed by atoms with Crippen LogP contribution in [0.3, 0.4) is 0 Å². The summed E-state index contributed by atoms with van der Waals surface area (Å²) >= 11 is 5.62. The zero-order chi connectivity index (χ0) is 15.5. The number of aliphatic carboxylic acids is 1. The highest BCUT2D eigenvalue weighted by molar-refractivity contribution is 6.31. The number of carbonyl (C=O) groups excluding carboxylic acids is 1. The summed E-state index contributed by atoms with van der Waals surface area (Å²) in [7, 11) is 0. The maximum Gasteiger partial charge on any atom is 0.319 e. The lowest BCUT2D eigenvalue weighted by Gasteiger charge is -2.40. The van der Waals surface area contributed by atoms with Crippen molar-refractivity contribution in [3.05, 3.63) is 29.0 Å². The number of halogens is 2. The van der Waals surface area contributed by atoms with Crippen LogP contribution in [0.15, 0.2) is 18.2 Å². The molecule has 114 valence electrons. The van der Waals surface area contributed by atoms with Crippen LogP contribution in [0.4, 0.5) is 14.9 Å². The second-order valence-electron chi connectivity index (χ2n) is 5.36. The Kier molecular flexibility index (Phi) is 4.67. The van der Waals surface area contributed by atoms with Gasteiger partial charge in [-0.15, -0.1) is 0 Å². The van der Waals surface area contributed by atoms with Crippen LogP contribution in [0.5, 0.6) is 0 Å². The molecule has 1 saturated carbocycles. The maximum atomic E-state index is 13.0. The highest BCUT2D eigenvalue weighted by atomic mass is 35.5. The highest BCUT2D eigenvalue weighted by Crippen LogP contribution is 2.43. The number of amides is 2. The first-order chi connectivity index (χ1) is 9.90. The van der Waals surface area contributed by atoms with Crippen LogP contribution in [-0.2, 0) is 4.79 Å². The average Bonchev–Trinajstić information content (AvgIpc) is 2.36. The summed E-state index contributed by atoms with van der Waals surface area (Å²) in [6, 6.07) is 3.41. The number of hydrogen-bond acceptors (Lipinski definition) is 2. The monoisotopic (exact) mass is 314 g/mol. The number of carboxylic acids is 1. The van der Waals surface area contributed by atoms with E-state index in [0.717, 1.165) is 25.3 Å². The number of anilines is 1. The molecule has 3 N–H and O–H groups in total. The molecule has 0 atom stereocenters. The smallest absolute Gasteiger partial charge is 0.319 e. The van der Waals surface area contributed by atoms with Gasteiger partial charge in [0.05, 0.1) is 11.4 Å². The standard InChI is InChI=1S/C14H16ClFN2O3/c15-10-6-9(2-3-11(10)16)18-13(21)17-8-14(4-1-5-14)7-12(19)20/h2-3,6H,1,4-5,7-8H2,(H,19,20)(H2,17,18,21). The van der Waals surface area contributed by atoms with Crippen molar-refractivity contribution in [1.82, 2.24) is 5.32 Å². The van der Waals surface area contributed by atoms with Gasteiger partial charge >= 0.3 is 12.0 Å². The SMILES string of the molecule is O=C(O)CC1(CNC(=O)Nc2ccc(F)c(Cl)c2)CCC1. The predicted molar refractivity (Wildman–Crippen MR) is 77.0 cm³/mol. The minimum absolute atomic E-state index is 0.0512. The van der Waals surface area contributed by atoms with Crippen LogP contribution < -0.4 is 10.6 Å². The van der Waals surface area contributed by atoms with Crippen molar-refractivity contribution in [1.29, 1.82) is 0 Å². The van der Waals surface area contributed by atoms with Crippen LogP contribution in [0.1, 0.15) is 25.7 Å². The topological polar surface area (TPSA) is 78.4 Å². The quantitative estimate of drug-likeness (QED) is 0.780. The Bertz CT molecular complexity index is 561. The van der Waals surface area contributed by atoms with Gasteiger partial charge in [-0.2, -0.15) is 0 Å². The molecule has 1 fully saturated rings. The second kappa shape index (κ2) is 6.30. The molecule has 0 heterocycles. The van der Waals surface area contributed by atoms with Gasteiger partial charge in [-0.25, -0.2) is 9.18 Å². The van der Waals surface area contributed by atoms with E-state index in [9.17, 15) is 14.0 Å². The number of nitrogens with one attached hydrogen (secondary N) is 2. The fourth-order valence-electron chi connectivity index (χ4n) is 2.43. The molecule has 2 amide bonds. The van der Waals surface area contributed by atoms with Crippen molar-refractivity contribution in [3.63, 3.8) is 0 Å². The third kappa shape index (κ3) is 4.07. The molecule has 0 spiro atoms. The van der Waals surface area contributed by atoms with E-state index in [2.05, 4.69) is 10.6 Å². The van der Waals surface area contributed by atoms with Crippen molar-refractivity contribution in [2.45, 2.75) is 25.7 Å². The zero-order valence-corrected chi connectivity index (χ0v) is 12.0. The maximum absolute atomic E-state index is 13.0. The van der Waals surface area contributed by atoms with Crippen molar-refractivity contribution < 1.29 is 19.1 Å². The van der Waals surface area contributed by atoms with E-state index in [4.69, 9.17) is 16.7 Å². The Hall–Kier alpha value is -1.82. The molecule has 1 aromatic rings. The summed E-state index contributed by atoms with van der Waals surface area (Å²) < 4.78 is 13.0. The number of benzene rings is 1. The molecule has 0 aromatic heterocycles. The van der Waals surface area contributed by atoms with Crippen molar-refractivity contribution >= 4 is 29.3 Å². The van der Waals surface area contributed by atoms with E-state index in [1.165, 1.54) is 12.1 Å². The number of carbonyl (C=O) groups is 2. The Balaban J connectivity index is 1.87. The van der Waals surface area contributed by atoms with Gasteiger partial charge in [-0.1, -0.05) is 18.0 Å². The van der Waals surface area contributed by atoms with E-state index in [0.29, 0.717) is 12.2 Å². The van der Waals surface area contributed by atoms with Gasteiger partial charge in [0.1, 0.15) is 5.82 Å². The number of rotatable bonds is 5. The fraction of sp³-hybridized carbons (Fsp3) is 0.429. The number of hydrogen-bond donors (Lipinski definition) is 3. The first-order valence-electron chi connectivity index (χ1n) is 6.62. The Morgan fingerprint density at radius 1 is 1.38 bits per heavy atom. The van der Waals surface area contributed by atoms with Gasteiger partial charge in [0, 0.05) is 12.2 Å². The second-order valence-corrected chi connectivity index (χ2v) is 5.77. The van der Waals surface area contributed by atoms with Gasteiger partial charge in [-0.05, 0) is 36.5 Å². The lowest BCUT2D eigenvalue weighted by atomic mass is 9.66. The van der Waals surface area contributed by atoms with E-state index in [1.54, 1.807) is 0 Å². The Labute approximate surface area is 126 Å². The molecule has 0 bridgehead atoms. The van der Waals surface area contributed by atoms with Gasteiger partial charge in [0.15, 0.2) is 0 Å². The van der Waals surface area contributed by atoms with Crippen LogP contribution in [0.2, 0.25) is 5.02 Å². The van der Waals surface area contributed by atoms with Gasteiger partial charge in [0.25, 0.3) is 0 Å². The molecule has 1 aliphatic rings. The number of urea groups is 1. The first-order valence-corrected chi connectivity index (χ1v) is 7.00. The molecule has 0 saturated heterocycles. The zero-order valence-electron chi connectivity index (χ0n) is 11.3. The molecule has 2 rings (SSSR count). The van der Waals surface area contributed by atoms with Crippen LogP contribution in [0.25, 0.3) is 0 Å². The first kappa shape index (κ1) is 15.6. The highest BCUT2D eigenvalue weighted by Gasteiger charge is 2.39. The molecular formula is C14H16ClFN2O3. The minimum atomic E-state index is -0.859. The minimum Gasteiger partial charge on any atom is -0.481 e. The molecular weight excluding hydrogens is 299 g/mol. The van der Waals surface area contributed by atoms with E-state index >= 15 is 0 Å². The molecule has 0 radical (unpaired) electrons. The van der Waals surface area contributed by atoms with E-state index in [1.807, 2.05) is 0 Å². The molecule has 1 aliphatic carbocycles. The molecule has 21 heavy (non-hydrogen) atoms. The molecule has 5 nitrogen and oxygen atoms in total. The van der Waals surface area contributed by atoms with Gasteiger partial charge in [0.2, 0.25) is 0 Å². The predicted octanol–water partition coefficient (Wildman–Crippen LogP) is 3.25. The van der Waals surface area contributed by atoms with Gasteiger partial charge < -0.3 is 15.7 Å². The summed E-state index contributed by atoms with van der Waals surface area (Å²) in [5.74, 6) is -1.42. The summed E-state index contributed by atoms with van der Waals surface area (Å²) in [5, 5.41) is 14.0. The van der Waals surface area contributed by atoms with Crippen molar-refractivity contribution in [3.8, 4) is 0 Å². The lowest BCUT2D eigenvalue weighted by Crippen LogP contribution is -2.44. The fourth-order valence-corrected chi connectivity index (χ4v) is 2.61. The van der Waals surface area contributed by atoms with Crippen molar-refractivity contribution in [2.24, 2.45) is 5.41 Å². The Morgan fingerprint density at radius 3 is 2.62 bits per heavy atom. The average molecular weight is 315 g/mol. The molecule has 1 aromatic carbocycles.